The van der Waals surface area contributed by atoms with Crippen LogP contribution in [0.5, 0.6) is 0 Å². The number of rotatable bonds is 2. The second-order valence-corrected chi connectivity index (χ2v) is 12.7. The minimum atomic E-state index is -0.119. The maximum atomic E-state index is 6.58. The van der Waals surface area contributed by atoms with Crippen LogP contribution in [0.2, 0.25) is 0 Å². The molecule has 8 bridgehead atoms. The summed E-state index contributed by atoms with van der Waals surface area (Å²) >= 11 is 0. The van der Waals surface area contributed by atoms with Crippen molar-refractivity contribution in [3.63, 3.8) is 0 Å². The lowest BCUT2D eigenvalue weighted by Crippen LogP contribution is -2.24. The number of benzene rings is 4. The number of H-pyrrole nitrogens is 1. The Bertz CT molecular complexity index is 2380. The largest absolute Gasteiger partial charge is 0.410 e. The molecule has 0 aliphatic carbocycles. The first-order valence-corrected chi connectivity index (χ1v) is 15.3. The molecule has 7 aromatic rings. The Morgan fingerprint density at radius 3 is 1.28 bits per heavy atom. The SMILES string of the molecule is CC(C)(C)COn1c2nc3nc(nc4[nH]c(nc5nc(nc1c1ccccc12)-c1ccccc1-5)c1ccccc41)-c1ccccc1-3. The molecule has 3 aromatic heterocycles. The number of nitrogens with one attached hydrogen (secondary N) is 1. The molecule has 9 rings (SSSR count). The van der Waals surface area contributed by atoms with Crippen molar-refractivity contribution in [3.05, 3.63) is 97.1 Å². The van der Waals surface area contributed by atoms with E-state index < -0.39 is 0 Å². The van der Waals surface area contributed by atoms with E-state index in [0.717, 1.165) is 43.8 Å². The van der Waals surface area contributed by atoms with Crippen molar-refractivity contribution in [1.29, 1.82) is 0 Å². The first kappa shape index (κ1) is 26.4. The van der Waals surface area contributed by atoms with Crippen LogP contribution in [0.4, 0.5) is 0 Å². The number of hydrogen-bond donors (Lipinski definition) is 1. The van der Waals surface area contributed by atoms with Gasteiger partial charge >= 0.3 is 0 Å². The summed E-state index contributed by atoms with van der Waals surface area (Å²) in [7, 11) is 0. The summed E-state index contributed by atoms with van der Waals surface area (Å²) in [6.45, 7) is 6.85. The van der Waals surface area contributed by atoms with Gasteiger partial charge in [0.05, 0.1) is 0 Å². The van der Waals surface area contributed by atoms with Crippen molar-refractivity contribution in [3.8, 4) is 45.6 Å². The summed E-state index contributed by atoms with van der Waals surface area (Å²) in [5.41, 5.74) is 6.02. The quantitative estimate of drug-likeness (QED) is 0.216. The van der Waals surface area contributed by atoms with E-state index >= 15 is 0 Å². The zero-order valence-electron chi connectivity index (χ0n) is 25.5. The summed E-state index contributed by atoms with van der Waals surface area (Å²) in [5, 5.41) is 3.67. The van der Waals surface area contributed by atoms with Crippen molar-refractivity contribution in [2.75, 3.05) is 6.61 Å². The van der Waals surface area contributed by atoms with Crippen LogP contribution in [-0.2, 0) is 0 Å². The highest BCUT2D eigenvalue weighted by Crippen LogP contribution is 2.37. The first-order chi connectivity index (χ1) is 22.4. The maximum absolute atomic E-state index is 6.58. The minimum absolute atomic E-state index is 0.119. The third-order valence-electron chi connectivity index (χ3n) is 8.19. The monoisotopic (exact) mass is 600 g/mol. The van der Waals surface area contributed by atoms with Gasteiger partial charge in [0.25, 0.3) is 0 Å². The smallest absolute Gasteiger partial charge is 0.180 e. The van der Waals surface area contributed by atoms with E-state index in [1.165, 1.54) is 0 Å². The average molecular weight is 601 g/mol. The van der Waals surface area contributed by atoms with Gasteiger partial charge in [0.1, 0.15) is 17.9 Å². The molecule has 0 saturated carbocycles. The van der Waals surface area contributed by atoms with Crippen LogP contribution in [0.3, 0.4) is 0 Å². The Kier molecular flexibility index (Phi) is 5.62. The molecular formula is C37H28N8O. The molecule has 0 atom stereocenters. The second-order valence-electron chi connectivity index (χ2n) is 12.7. The molecule has 4 aromatic carbocycles. The molecule has 0 saturated heterocycles. The summed E-state index contributed by atoms with van der Waals surface area (Å²) in [5.74, 6) is 2.25. The lowest BCUT2D eigenvalue weighted by molar-refractivity contribution is 0.0679. The van der Waals surface area contributed by atoms with Gasteiger partial charge in [-0.2, -0.15) is 0 Å². The van der Waals surface area contributed by atoms with Crippen LogP contribution < -0.4 is 4.84 Å². The third-order valence-corrected chi connectivity index (χ3v) is 8.19. The summed E-state index contributed by atoms with van der Waals surface area (Å²) in [6.07, 6.45) is 0. The normalized spacial score (nSPS) is 12.3. The van der Waals surface area contributed by atoms with E-state index in [0.29, 0.717) is 52.5 Å². The zero-order chi connectivity index (χ0) is 31.0. The van der Waals surface area contributed by atoms with E-state index in [1.807, 2.05) is 97.1 Å². The molecule has 0 fully saturated rings. The predicted molar refractivity (Wildman–Crippen MR) is 181 cm³/mol. The van der Waals surface area contributed by atoms with Crippen LogP contribution in [0.15, 0.2) is 97.1 Å². The van der Waals surface area contributed by atoms with Gasteiger partial charge in [-0.05, 0) is 5.41 Å². The molecule has 0 amide bonds. The number of fused-ring (bicyclic) bond motifs is 20. The highest BCUT2D eigenvalue weighted by Gasteiger charge is 2.24. The molecule has 2 aliphatic rings. The minimum Gasteiger partial charge on any atom is -0.410 e. The van der Waals surface area contributed by atoms with Gasteiger partial charge in [-0.1, -0.05) is 118 Å². The summed E-state index contributed by atoms with van der Waals surface area (Å²) in [6, 6.07) is 32.2. The molecule has 222 valence electrons. The molecule has 0 radical (unpaired) electrons. The number of aromatic amines is 1. The van der Waals surface area contributed by atoms with Crippen molar-refractivity contribution in [2.24, 2.45) is 5.41 Å². The molecule has 46 heavy (non-hydrogen) atoms. The van der Waals surface area contributed by atoms with Crippen LogP contribution in [0.25, 0.3) is 89.7 Å². The van der Waals surface area contributed by atoms with Crippen LogP contribution >= 0.6 is 0 Å². The Balaban J connectivity index is 1.50. The lowest BCUT2D eigenvalue weighted by atomic mass is 9.99. The van der Waals surface area contributed by atoms with Crippen LogP contribution in [-0.4, -0.2) is 46.2 Å². The van der Waals surface area contributed by atoms with Crippen molar-refractivity contribution >= 4 is 44.1 Å². The fraction of sp³-hybridized carbons (Fsp3) is 0.135. The zero-order valence-corrected chi connectivity index (χ0v) is 25.5. The van der Waals surface area contributed by atoms with Crippen molar-refractivity contribution < 1.29 is 4.84 Å². The second kappa shape index (κ2) is 9.77. The van der Waals surface area contributed by atoms with Gasteiger partial charge < -0.3 is 9.82 Å². The van der Waals surface area contributed by atoms with E-state index in [9.17, 15) is 0 Å². The number of nitrogens with zero attached hydrogens (tertiary/aromatic N) is 7. The van der Waals surface area contributed by atoms with E-state index in [2.05, 4.69) is 25.8 Å². The Labute approximate surface area is 263 Å². The average Bonchev–Trinajstić information content (AvgIpc) is 3.78. The van der Waals surface area contributed by atoms with Gasteiger partial charge in [0.2, 0.25) is 0 Å². The van der Waals surface area contributed by atoms with Crippen molar-refractivity contribution in [1.82, 2.24) is 39.6 Å². The standard InChI is InChI=1S/C37H28N8O/c1-37(2,3)20-46-45-35-27-18-10-11-19-28(27)36(45)44-34-26-17-9-7-15-24(26)32(42-34)40-30-22-13-5-4-12-21(22)29(38-30)39-31-23-14-6-8-16-25(23)33(41-31)43-35/h4-19H,20H2,1-3H3,(H,38,39,40,41,42,43,44). The highest BCUT2D eigenvalue weighted by atomic mass is 16.7. The predicted octanol–water partition coefficient (Wildman–Crippen LogP) is 7.82. The number of hydrogen-bond acceptors (Lipinski definition) is 7. The first-order valence-electron chi connectivity index (χ1n) is 15.3. The molecule has 0 spiro atoms. The fourth-order valence-corrected chi connectivity index (χ4v) is 6.04. The molecule has 5 heterocycles. The fourth-order valence-electron chi connectivity index (χ4n) is 6.04. The topological polar surface area (TPSA) is 107 Å². The maximum Gasteiger partial charge on any atom is 0.180 e. The van der Waals surface area contributed by atoms with Crippen molar-refractivity contribution in [2.45, 2.75) is 20.8 Å². The van der Waals surface area contributed by atoms with Gasteiger partial charge in [-0.25, -0.2) is 29.9 Å². The van der Waals surface area contributed by atoms with Gasteiger partial charge in [0, 0.05) is 43.8 Å². The van der Waals surface area contributed by atoms with Crippen LogP contribution in [0.1, 0.15) is 20.8 Å². The number of aromatic nitrogens is 8. The van der Waals surface area contributed by atoms with Gasteiger partial charge in [-0.15, -0.1) is 4.73 Å². The summed E-state index contributed by atoms with van der Waals surface area (Å²) in [4.78, 5) is 40.6. The van der Waals surface area contributed by atoms with Gasteiger partial charge in [-0.3, -0.25) is 0 Å². The Hall–Kier alpha value is -5.96. The van der Waals surface area contributed by atoms with Gasteiger partial charge in [0.15, 0.2) is 34.6 Å². The molecular weight excluding hydrogens is 572 g/mol. The highest BCUT2D eigenvalue weighted by molar-refractivity contribution is 6.06. The van der Waals surface area contributed by atoms with E-state index in [4.69, 9.17) is 34.7 Å². The summed E-state index contributed by atoms with van der Waals surface area (Å²) < 4.78 is 1.74. The molecule has 9 heteroatoms. The molecule has 1 N–H and O–H groups in total. The Morgan fingerprint density at radius 1 is 0.500 bits per heavy atom. The van der Waals surface area contributed by atoms with E-state index in [-0.39, 0.29) is 5.41 Å². The van der Waals surface area contributed by atoms with Crippen LogP contribution in [0, 0.1) is 5.41 Å². The molecule has 9 nitrogen and oxygen atoms in total. The molecule has 0 unspecified atom stereocenters. The molecule has 2 aliphatic heterocycles. The van der Waals surface area contributed by atoms with E-state index in [1.54, 1.807) is 4.73 Å². The third kappa shape index (κ3) is 4.16. The Morgan fingerprint density at radius 2 is 0.870 bits per heavy atom. The lowest BCUT2D eigenvalue weighted by Gasteiger charge is -2.19.